The first-order chi connectivity index (χ1) is 6.99. The van der Waals surface area contributed by atoms with E-state index in [1.807, 2.05) is 0 Å². The summed E-state index contributed by atoms with van der Waals surface area (Å²) in [4.78, 5) is 0. The second kappa shape index (κ2) is 3.58. The Bertz CT molecular complexity index is 312. The Morgan fingerprint density at radius 2 is 2.20 bits per heavy atom. The van der Waals surface area contributed by atoms with Gasteiger partial charge in [0, 0.05) is 0 Å². The van der Waals surface area contributed by atoms with Crippen molar-refractivity contribution in [3.63, 3.8) is 0 Å². The molecule has 1 atom stereocenters. The molecule has 0 bridgehead atoms. The van der Waals surface area contributed by atoms with Crippen molar-refractivity contribution in [3.05, 3.63) is 23.6 Å². The second-order valence-corrected chi connectivity index (χ2v) is 5.43. The standard InChI is InChI=1S/C13H21NO/c1-9(2)10-6-8-14-11-5-7-13(3,4)15-12(10)11/h6,8-9,11,14H,5,7H2,1-4H3. The quantitative estimate of drug-likeness (QED) is 0.713. The van der Waals surface area contributed by atoms with Gasteiger partial charge >= 0.3 is 0 Å². The molecule has 0 aromatic heterocycles. The zero-order chi connectivity index (χ0) is 11.1. The van der Waals surface area contributed by atoms with Crippen LogP contribution in [-0.2, 0) is 4.74 Å². The van der Waals surface area contributed by atoms with Crippen LogP contribution >= 0.6 is 0 Å². The fourth-order valence-corrected chi connectivity index (χ4v) is 2.28. The normalized spacial score (nSPS) is 28.5. The van der Waals surface area contributed by atoms with Crippen LogP contribution in [0.1, 0.15) is 40.5 Å². The van der Waals surface area contributed by atoms with Gasteiger partial charge < -0.3 is 10.1 Å². The van der Waals surface area contributed by atoms with Crippen molar-refractivity contribution in [1.82, 2.24) is 5.32 Å². The summed E-state index contributed by atoms with van der Waals surface area (Å²) in [5.41, 5.74) is 1.35. The highest BCUT2D eigenvalue weighted by Crippen LogP contribution is 2.35. The summed E-state index contributed by atoms with van der Waals surface area (Å²) >= 11 is 0. The van der Waals surface area contributed by atoms with Gasteiger partial charge in [0.2, 0.25) is 0 Å². The van der Waals surface area contributed by atoms with Crippen molar-refractivity contribution in [3.8, 4) is 0 Å². The SMILES string of the molecule is CC(C)C1=C2OC(C)(C)CCC2NC=C1. The number of fused-ring (bicyclic) bond motifs is 1. The van der Waals surface area contributed by atoms with Crippen LogP contribution in [0, 0.1) is 5.92 Å². The zero-order valence-electron chi connectivity index (χ0n) is 10.1. The van der Waals surface area contributed by atoms with Gasteiger partial charge in [-0.3, -0.25) is 0 Å². The van der Waals surface area contributed by atoms with Gasteiger partial charge in [0.25, 0.3) is 0 Å². The summed E-state index contributed by atoms with van der Waals surface area (Å²) in [5.74, 6) is 1.71. The molecule has 2 heteroatoms. The van der Waals surface area contributed by atoms with Crippen molar-refractivity contribution in [2.24, 2.45) is 5.92 Å². The molecule has 0 radical (unpaired) electrons. The molecule has 1 fully saturated rings. The summed E-state index contributed by atoms with van der Waals surface area (Å²) in [5, 5.41) is 3.38. The largest absolute Gasteiger partial charge is 0.490 e. The Morgan fingerprint density at radius 1 is 1.47 bits per heavy atom. The van der Waals surface area contributed by atoms with E-state index < -0.39 is 0 Å². The third-order valence-electron chi connectivity index (χ3n) is 3.20. The molecule has 2 heterocycles. The predicted octanol–water partition coefficient (Wildman–Crippen LogP) is 2.97. The Hall–Kier alpha value is -0.920. The number of hydrogen-bond acceptors (Lipinski definition) is 2. The molecule has 2 nitrogen and oxygen atoms in total. The first-order valence-electron chi connectivity index (χ1n) is 5.85. The fourth-order valence-electron chi connectivity index (χ4n) is 2.28. The molecule has 0 aliphatic carbocycles. The molecular formula is C13H21NO. The van der Waals surface area contributed by atoms with Gasteiger partial charge in [-0.25, -0.2) is 0 Å². The number of rotatable bonds is 1. The van der Waals surface area contributed by atoms with Crippen LogP contribution in [-0.4, -0.2) is 11.6 Å². The highest BCUT2D eigenvalue weighted by atomic mass is 16.5. The number of allylic oxidation sites excluding steroid dienone is 2. The summed E-state index contributed by atoms with van der Waals surface area (Å²) in [7, 11) is 0. The average molecular weight is 207 g/mol. The van der Waals surface area contributed by atoms with E-state index in [0.29, 0.717) is 12.0 Å². The molecular weight excluding hydrogens is 186 g/mol. The lowest BCUT2D eigenvalue weighted by Crippen LogP contribution is -2.42. The van der Waals surface area contributed by atoms with E-state index in [2.05, 4.69) is 45.3 Å². The number of hydrogen-bond donors (Lipinski definition) is 1. The Kier molecular flexibility index (Phi) is 2.53. The number of dihydropyridines is 1. The van der Waals surface area contributed by atoms with Gasteiger partial charge in [0.1, 0.15) is 11.4 Å². The Morgan fingerprint density at radius 3 is 2.87 bits per heavy atom. The minimum absolute atomic E-state index is 0.00116. The number of ether oxygens (including phenoxy) is 1. The van der Waals surface area contributed by atoms with Crippen molar-refractivity contribution in [2.75, 3.05) is 0 Å². The Labute approximate surface area is 92.4 Å². The van der Waals surface area contributed by atoms with Gasteiger partial charge in [-0.1, -0.05) is 13.8 Å². The summed E-state index contributed by atoms with van der Waals surface area (Å²) in [6, 6.07) is 0.403. The molecule has 15 heavy (non-hydrogen) atoms. The molecule has 2 aliphatic rings. The topological polar surface area (TPSA) is 21.3 Å². The maximum atomic E-state index is 6.12. The van der Waals surface area contributed by atoms with Crippen LogP contribution in [0.25, 0.3) is 0 Å². The van der Waals surface area contributed by atoms with E-state index in [4.69, 9.17) is 4.74 Å². The van der Waals surface area contributed by atoms with Crippen LogP contribution in [0.15, 0.2) is 23.6 Å². The lowest BCUT2D eigenvalue weighted by molar-refractivity contribution is -0.0159. The summed E-state index contributed by atoms with van der Waals surface area (Å²) < 4.78 is 6.12. The maximum absolute atomic E-state index is 6.12. The average Bonchev–Trinajstić information content (AvgIpc) is 2.15. The van der Waals surface area contributed by atoms with Gasteiger partial charge in [-0.2, -0.15) is 0 Å². The predicted molar refractivity (Wildman–Crippen MR) is 62.3 cm³/mol. The maximum Gasteiger partial charge on any atom is 0.122 e. The van der Waals surface area contributed by atoms with E-state index in [0.717, 1.165) is 6.42 Å². The van der Waals surface area contributed by atoms with Crippen LogP contribution in [0.4, 0.5) is 0 Å². The molecule has 2 aliphatic heterocycles. The van der Waals surface area contributed by atoms with Gasteiger partial charge in [-0.05, 0) is 50.5 Å². The van der Waals surface area contributed by atoms with E-state index >= 15 is 0 Å². The van der Waals surface area contributed by atoms with Crippen molar-refractivity contribution >= 4 is 0 Å². The smallest absolute Gasteiger partial charge is 0.122 e. The zero-order valence-corrected chi connectivity index (χ0v) is 10.1. The fraction of sp³-hybridized carbons (Fsp3) is 0.692. The van der Waals surface area contributed by atoms with Crippen molar-refractivity contribution in [2.45, 2.75) is 52.2 Å². The lowest BCUT2D eigenvalue weighted by atomic mass is 9.88. The molecule has 0 amide bonds. The number of nitrogens with one attached hydrogen (secondary N) is 1. The van der Waals surface area contributed by atoms with Crippen LogP contribution in [0.3, 0.4) is 0 Å². The van der Waals surface area contributed by atoms with Gasteiger partial charge in [-0.15, -0.1) is 0 Å². The molecule has 84 valence electrons. The van der Waals surface area contributed by atoms with Crippen molar-refractivity contribution < 1.29 is 4.74 Å². The van der Waals surface area contributed by atoms with E-state index in [9.17, 15) is 0 Å². The first-order valence-corrected chi connectivity index (χ1v) is 5.85. The molecule has 1 saturated heterocycles. The second-order valence-electron chi connectivity index (χ2n) is 5.43. The van der Waals surface area contributed by atoms with E-state index in [-0.39, 0.29) is 5.60 Å². The lowest BCUT2D eigenvalue weighted by Gasteiger charge is -2.40. The minimum atomic E-state index is -0.00116. The molecule has 1 N–H and O–H groups in total. The highest BCUT2D eigenvalue weighted by molar-refractivity contribution is 5.32. The highest BCUT2D eigenvalue weighted by Gasteiger charge is 2.34. The minimum Gasteiger partial charge on any atom is -0.490 e. The monoisotopic (exact) mass is 207 g/mol. The molecule has 2 rings (SSSR count). The van der Waals surface area contributed by atoms with Crippen LogP contribution in [0.5, 0.6) is 0 Å². The molecule has 0 aromatic carbocycles. The Balaban J connectivity index is 2.32. The molecule has 1 unspecified atom stereocenters. The van der Waals surface area contributed by atoms with Crippen LogP contribution < -0.4 is 5.32 Å². The first kappa shape index (κ1) is 10.6. The van der Waals surface area contributed by atoms with Gasteiger partial charge in [0.15, 0.2) is 0 Å². The van der Waals surface area contributed by atoms with E-state index in [1.165, 1.54) is 17.8 Å². The molecule has 0 aromatic rings. The summed E-state index contributed by atoms with van der Waals surface area (Å²) in [6.07, 6.45) is 6.50. The van der Waals surface area contributed by atoms with Gasteiger partial charge in [0.05, 0.1) is 6.04 Å². The molecule has 0 saturated carbocycles. The van der Waals surface area contributed by atoms with Crippen LogP contribution in [0.2, 0.25) is 0 Å². The third kappa shape index (κ3) is 2.04. The van der Waals surface area contributed by atoms with Crippen molar-refractivity contribution in [1.29, 1.82) is 0 Å². The van der Waals surface area contributed by atoms with E-state index in [1.54, 1.807) is 0 Å². The third-order valence-corrected chi connectivity index (χ3v) is 3.20. The summed E-state index contributed by atoms with van der Waals surface area (Å²) in [6.45, 7) is 8.79. The molecule has 0 spiro atoms.